The highest BCUT2D eigenvalue weighted by atomic mass is 16.5. The number of nitrogens with one attached hydrogen (secondary N) is 2. The first kappa shape index (κ1) is 14.3. The van der Waals surface area contributed by atoms with Gasteiger partial charge in [0.15, 0.2) is 0 Å². The van der Waals surface area contributed by atoms with Crippen molar-refractivity contribution in [2.75, 3.05) is 45.9 Å². The molecule has 2 saturated heterocycles. The fourth-order valence-corrected chi connectivity index (χ4v) is 3.02. The van der Waals surface area contributed by atoms with Crippen LogP contribution in [0, 0.1) is 5.92 Å². The van der Waals surface area contributed by atoms with E-state index in [0.29, 0.717) is 12.1 Å². The third-order valence-electron chi connectivity index (χ3n) is 4.21. The summed E-state index contributed by atoms with van der Waals surface area (Å²) in [5, 5.41) is 7.22. The topological polar surface area (TPSA) is 36.5 Å². The van der Waals surface area contributed by atoms with Gasteiger partial charge >= 0.3 is 0 Å². The van der Waals surface area contributed by atoms with Crippen LogP contribution in [-0.2, 0) is 4.74 Å². The Morgan fingerprint density at radius 1 is 1.50 bits per heavy atom. The van der Waals surface area contributed by atoms with E-state index in [-0.39, 0.29) is 0 Å². The highest BCUT2D eigenvalue weighted by Crippen LogP contribution is 2.15. The highest BCUT2D eigenvalue weighted by Gasteiger charge is 2.22. The van der Waals surface area contributed by atoms with Crippen molar-refractivity contribution in [3.8, 4) is 0 Å². The summed E-state index contributed by atoms with van der Waals surface area (Å²) in [7, 11) is 0. The van der Waals surface area contributed by atoms with Crippen molar-refractivity contribution in [2.45, 2.75) is 38.8 Å². The second-order valence-corrected chi connectivity index (χ2v) is 5.82. The van der Waals surface area contributed by atoms with Crippen molar-refractivity contribution >= 4 is 0 Å². The summed E-state index contributed by atoms with van der Waals surface area (Å²) in [5.74, 6) is 0.850. The molecule has 2 fully saturated rings. The Morgan fingerprint density at radius 2 is 2.39 bits per heavy atom. The maximum Gasteiger partial charge on any atom is 0.0620 e. The molecule has 0 aliphatic carbocycles. The first-order valence-corrected chi connectivity index (χ1v) is 7.54. The van der Waals surface area contributed by atoms with Crippen LogP contribution in [0.3, 0.4) is 0 Å². The Morgan fingerprint density at radius 3 is 3.06 bits per heavy atom. The van der Waals surface area contributed by atoms with Crippen LogP contribution in [0.25, 0.3) is 0 Å². The van der Waals surface area contributed by atoms with E-state index in [2.05, 4.69) is 29.4 Å². The number of nitrogens with zero attached hydrogens (tertiary/aromatic N) is 1. The third kappa shape index (κ3) is 4.50. The molecule has 18 heavy (non-hydrogen) atoms. The van der Waals surface area contributed by atoms with E-state index in [1.165, 1.54) is 39.0 Å². The maximum atomic E-state index is 5.49. The average Bonchev–Trinajstić information content (AvgIpc) is 2.85. The van der Waals surface area contributed by atoms with E-state index in [1.807, 2.05) is 0 Å². The molecular formula is C14H29N3O. The number of likely N-dealkylation sites (tertiary alicyclic amines) is 1. The summed E-state index contributed by atoms with van der Waals surface area (Å²) >= 11 is 0. The van der Waals surface area contributed by atoms with Crippen molar-refractivity contribution in [1.82, 2.24) is 15.5 Å². The zero-order chi connectivity index (χ0) is 12.8. The summed E-state index contributed by atoms with van der Waals surface area (Å²) in [5.41, 5.74) is 0. The van der Waals surface area contributed by atoms with Gasteiger partial charge in [-0.15, -0.1) is 0 Å². The van der Waals surface area contributed by atoms with Gasteiger partial charge in [-0.25, -0.2) is 0 Å². The van der Waals surface area contributed by atoms with Gasteiger partial charge in [-0.1, -0.05) is 6.92 Å². The molecule has 0 saturated carbocycles. The fraction of sp³-hybridized carbons (Fsp3) is 1.00. The van der Waals surface area contributed by atoms with Crippen LogP contribution in [-0.4, -0.2) is 62.9 Å². The van der Waals surface area contributed by atoms with Crippen LogP contribution >= 0.6 is 0 Å². The summed E-state index contributed by atoms with van der Waals surface area (Å²) < 4.78 is 5.49. The van der Waals surface area contributed by atoms with Crippen LogP contribution < -0.4 is 10.6 Å². The summed E-state index contributed by atoms with van der Waals surface area (Å²) in [4.78, 5) is 2.55. The molecule has 0 aromatic rings. The van der Waals surface area contributed by atoms with Crippen molar-refractivity contribution in [1.29, 1.82) is 0 Å². The Balaban J connectivity index is 1.58. The monoisotopic (exact) mass is 255 g/mol. The number of hydrogen-bond acceptors (Lipinski definition) is 4. The quantitative estimate of drug-likeness (QED) is 0.732. The predicted octanol–water partition coefficient (Wildman–Crippen LogP) is 0.685. The van der Waals surface area contributed by atoms with Crippen molar-refractivity contribution in [2.24, 2.45) is 5.92 Å². The molecule has 2 heterocycles. The third-order valence-corrected chi connectivity index (χ3v) is 4.21. The Kier molecular flexibility index (Phi) is 5.89. The maximum absolute atomic E-state index is 5.49. The van der Waals surface area contributed by atoms with Gasteiger partial charge in [-0.05, 0) is 45.3 Å². The molecule has 0 aromatic carbocycles. The lowest BCUT2D eigenvalue weighted by Gasteiger charge is -2.27. The van der Waals surface area contributed by atoms with E-state index in [9.17, 15) is 0 Å². The van der Waals surface area contributed by atoms with E-state index < -0.39 is 0 Å². The molecule has 4 heteroatoms. The summed E-state index contributed by atoms with van der Waals surface area (Å²) in [6.45, 7) is 12.2. The van der Waals surface area contributed by atoms with Crippen molar-refractivity contribution in [3.05, 3.63) is 0 Å². The van der Waals surface area contributed by atoms with Gasteiger partial charge in [0, 0.05) is 25.2 Å². The van der Waals surface area contributed by atoms with E-state index in [0.717, 1.165) is 25.7 Å². The highest BCUT2D eigenvalue weighted by molar-refractivity contribution is 4.80. The first-order valence-electron chi connectivity index (χ1n) is 7.54. The van der Waals surface area contributed by atoms with Gasteiger partial charge in [0.1, 0.15) is 0 Å². The second-order valence-electron chi connectivity index (χ2n) is 5.82. The Hall–Kier alpha value is -0.160. The number of hydrogen-bond donors (Lipinski definition) is 2. The normalized spacial score (nSPS) is 31.7. The molecule has 2 aliphatic heterocycles. The van der Waals surface area contributed by atoms with Gasteiger partial charge in [0.05, 0.1) is 13.2 Å². The molecular weight excluding hydrogens is 226 g/mol. The van der Waals surface area contributed by atoms with Gasteiger partial charge in [-0.3, -0.25) is 0 Å². The molecule has 0 amide bonds. The fourth-order valence-electron chi connectivity index (χ4n) is 3.02. The Bertz CT molecular complexity index is 231. The molecule has 3 atom stereocenters. The molecule has 0 bridgehead atoms. The molecule has 2 N–H and O–H groups in total. The smallest absolute Gasteiger partial charge is 0.0620 e. The molecule has 4 nitrogen and oxygen atoms in total. The molecule has 0 radical (unpaired) electrons. The molecule has 2 aliphatic rings. The van der Waals surface area contributed by atoms with E-state index in [4.69, 9.17) is 4.74 Å². The minimum atomic E-state index is 0.539. The SMILES string of the molecule is CCN1CCC(CNC(C)CC2COCCN2)C1. The Labute approximate surface area is 111 Å². The van der Waals surface area contributed by atoms with Gasteiger partial charge in [0.2, 0.25) is 0 Å². The molecule has 0 aromatic heterocycles. The number of morpholine rings is 1. The van der Waals surface area contributed by atoms with Crippen molar-refractivity contribution < 1.29 is 4.74 Å². The average molecular weight is 255 g/mol. The number of rotatable bonds is 6. The minimum Gasteiger partial charge on any atom is -0.379 e. The summed E-state index contributed by atoms with van der Waals surface area (Å²) in [6, 6.07) is 1.12. The van der Waals surface area contributed by atoms with Gasteiger partial charge in [0.25, 0.3) is 0 Å². The first-order chi connectivity index (χ1) is 8.78. The zero-order valence-corrected chi connectivity index (χ0v) is 12.0. The minimum absolute atomic E-state index is 0.539. The molecule has 0 spiro atoms. The standard InChI is InChI=1S/C14H29N3O/c1-3-17-6-4-13(10-17)9-16-12(2)8-14-11-18-7-5-15-14/h12-16H,3-11H2,1-2H3. The van der Waals surface area contributed by atoms with Gasteiger partial charge in [-0.2, -0.15) is 0 Å². The van der Waals surface area contributed by atoms with E-state index in [1.54, 1.807) is 0 Å². The summed E-state index contributed by atoms with van der Waals surface area (Å²) in [6.07, 6.45) is 2.53. The van der Waals surface area contributed by atoms with Crippen LogP contribution in [0.2, 0.25) is 0 Å². The lowest BCUT2D eigenvalue weighted by molar-refractivity contribution is 0.0711. The van der Waals surface area contributed by atoms with Crippen LogP contribution in [0.15, 0.2) is 0 Å². The van der Waals surface area contributed by atoms with Gasteiger partial charge < -0.3 is 20.3 Å². The lowest BCUT2D eigenvalue weighted by atomic mass is 10.1. The predicted molar refractivity (Wildman–Crippen MR) is 74.9 cm³/mol. The van der Waals surface area contributed by atoms with E-state index >= 15 is 0 Å². The van der Waals surface area contributed by atoms with Crippen molar-refractivity contribution in [3.63, 3.8) is 0 Å². The van der Waals surface area contributed by atoms with Crippen LogP contribution in [0.1, 0.15) is 26.7 Å². The zero-order valence-electron chi connectivity index (χ0n) is 12.0. The van der Waals surface area contributed by atoms with Crippen LogP contribution in [0.5, 0.6) is 0 Å². The van der Waals surface area contributed by atoms with Crippen LogP contribution in [0.4, 0.5) is 0 Å². The lowest BCUT2D eigenvalue weighted by Crippen LogP contribution is -2.45. The molecule has 3 unspecified atom stereocenters. The molecule has 2 rings (SSSR count). The second kappa shape index (κ2) is 7.43. The molecule has 106 valence electrons. The largest absolute Gasteiger partial charge is 0.379 e. The number of ether oxygens (including phenoxy) is 1.